The number of fused-ring (bicyclic) bond motifs is 1. The van der Waals surface area contributed by atoms with E-state index in [1.807, 2.05) is 18.3 Å². The van der Waals surface area contributed by atoms with Crippen molar-refractivity contribution >= 4 is 16.9 Å². The minimum absolute atomic E-state index is 0.191. The number of methoxy groups -OCH3 is 1. The Bertz CT molecular complexity index is 942. The molecule has 4 rings (SSSR count). The predicted molar refractivity (Wildman–Crippen MR) is 103 cm³/mol. The molecule has 7 heteroatoms. The highest BCUT2D eigenvalue weighted by Gasteiger charge is 2.19. The van der Waals surface area contributed by atoms with Gasteiger partial charge in [0.05, 0.1) is 25.3 Å². The van der Waals surface area contributed by atoms with Crippen molar-refractivity contribution in [3.63, 3.8) is 0 Å². The van der Waals surface area contributed by atoms with Crippen LogP contribution in [0.25, 0.3) is 22.4 Å². The number of phenolic OH excluding ortho intramolecular Hbond substituents is 1. The molecule has 0 spiro atoms. The minimum atomic E-state index is 0.191. The van der Waals surface area contributed by atoms with Crippen LogP contribution in [0.5, 0.6) is 5.75 Å². The summed E-state index contributed by atoms with van der Waals surface area (Å²) in [6.07, 6.45) is 2.64. The molecule has 1 aliphatic heterocycles. The maximum atomic E-state index is 9.84. The van der Waals surface area contributed by atoms with Crippen LogP contribution >= 0.6 is 0 Å². The average Bonchev–Trinajstić information content (AvgIpc) is 2.72. The zero-order valence-corrected chi connectivity index (χ0v) is 15.3. The first-order valence-corrected chi connectivity index (χ1v) is 9.02. The number of rotatable bonds is 5. The zero-order valence-electron chi connectivity index (χ0n) is 15.3. The van der Waals surface area contributed by atoms with E-state index >= 15 is 0 Å². The molecule has 0 aliphatic carbocycles. The molecular formula is C20H22N4O3. The summed E-state index contributed by atoms with van der Waals surface area (Å²) in [5.74, 6) is 1.57. The molecule has 0 bridgehead atoms. The Labute approximate surface area is 157 Å². The third-order valence-corrected chi connectivity index (χ3v) is 4.58. The first-order chi connectivity index (χ1) is 13.2. The Hall–Kier alpha value is -2.77. The van der Waals surface area contributed by atoms with Crippen molar-refractivity contribution < 1.29 is 14.6 Å². The number of morpholine rings is 1. The van der Waals surface area contributed by atoms with Gasteiger partial charge in [-0.2, -0.15) is 0 Å². The summed E-state index contributed by atoms with van der Waals surface area (Å²) in [7, 11) is 1.69. The highest BCUT2D eigenvalue weighted by molar-refractivity contribution is 5.88. The standard InChI is InChI=1S/C20H22N4O3/c1-26-8-5-14-11-17-18(21-13-14)20(24-6-9-27-10-7-24)23-19(22-17)15-3-2-4-16(25)12-15/h2-4,11-13,25H,5-10H2,1H3. The molecule has 0 radical (unpaired) electrons. The number of nitrogens with zero attached hydrogens (tertiary/aromatic N) is 4. The van der Waals surface area contributed by atoms with Crippen molar-refractivity contribution in [3.8, 4) is 17.1 Å². The summed E-state index contributed by atoms with van der Waals surface area (Å²) in [5.41, 5.74) is 3.41. The van der Waals surface area contributed by atoms with Gasteiger partial charge in [0, 0.05) is 32.0 Å². The molecule has 1 N–H and O–H groups in total. The lowest BCUT2D eigenvalue weighted by Gasteiger charge is -2.28. The Morgan fingerprint density at radius 3 is 2.81 bits per heavy atom. The summed E-state index contributed by atoms with van der Waals surface area (Å²) >= 11 is 0. The molecule has 3 aromatic rings. The Morgan fingerprint density at radius 2 is 2.04 bits per heavy atom. The van der Waals surface area contributed by atoms with Crippen LogP contribution in [-0.2, 0) is 15.9 Å². The summed E-state index contributed by atoms with van der Waals surface area (Å²) in [6, 6.07) is 9.04. The van der Waals surface area contributed by atoms with Gasteiger partial charge < -0.3 is 19.5 Å². The van der Waals surface area contributed by atoms with E-state index in [4.69, 9.17) is 19.4 Å². The van der Waals surface area contributed by atoms with Gasteiger partial charge in [0.15, 0.2) is 11.6 Å². The van der Waals surface area contributed by atoms with Crippen LogP contribution in [0, 0.1) is 0 Å². The molecule has 1 aromatic carbocycles. The number of pyridine rings is 1. The Balaban J connectivity index is 1.84. The third-order valence-electron chi connectivity index (χ3n) is 4.58. The molecule has 0 atom stereocenters. The molecule has 0 amide bonds. The first kappa shape index (κ1) is 17.6. The van der Waals surface area contributed by atoms with Crippen molar-refractivity contribution in [2.45, 2.75) is 6.42 Å². The second kappa shape index (κ2) is 7.85. The van der Waals surface area contributed by atoms with Crippen molar-refractivity contribution in [1.29, 1.82) is 0 Å². The molecule has 140 valence electrons. The smallest absolute Gasteiger partial charge is 0.162 e. The zero-order chi connectivity index (χ0) is 18.6. The lowest BCUT2D eigenvalue weighted by molar-refractivity contribution is 0.122. The van der Waals surface area contributed by atoms with Crippen LogP contribution in [0.4, 0.5) is 5.82 Å². The molecule has 2 aromatic heterocycles. The van der Waals surface area contributed by atoms with E-state index in [1.54, 1.807) is 25.3 Å². The maximum Gasteiger partial charge on any atom is 0.162 e. The number of aromatic hydroxyl groups is 1. The van der Waals surface area contributed by atoms with Gasteiger partial charge in [-0.25, -0.2) is 9.97 Å². The van der Waals surface area contributed by atoms with E-state index < -0.39 is 0 Å². The molecule has 0 saturated carbocycles. The van der Waals surface area contributed by atoms with Crippen LogP contribution in [0.3, 0.4) is 0 Å². The monoisotopic (exact) mass is 366 g/mol. The lowest BCUT2D eigenvalue weighted by atomic mass is 10.1. The van der Waals surface area contributed by atoms with Crippen molar-refractivity contribution in [1.82, 2.24) is 15.0 Å². The fourth-order valence-electron chi connectivity index (χ4n) is 3.17. The third kappa shape index (κ3) is 3.84. The quantitative estimate of drug-likeness (QED) is 0.743. The van der Waals surface area contributed by atoms with E-state index in [0.717, 1.165) is 47.5 Å². The van der Waals surface area contributed by atoms with Gasteiger partial charge in [0.1, 0.15) is 11.3 Å². The lowest BCUT2D eigenvalue weighted by Crippen LogP contribution is -2.37. The van der Waals surface area contributed by atoms with Crippen LogP contribution in [-0.4, -0.2) is 60.1 Å². The SMILES string of the molecule is COCCc1cnc2c(N3CCOCC3)nc(-c3cccc(O)c3)nc2c1. The number of hydrogen-bond acceptors (Lipinski definition) is 7. The van der Waals surface area contributed by atoms with Gasteiger partial charge >= 0.3 is 0 Å². The summed E-state index contributed by atoms with van der Waals surface area (Å²) in [6.45, 7) is 3.49. The molecule has 7 nitrogen and oxygen atoms in total. The molecular weight excluding hydrogens is 344 g/mol. The molecule has 27 heavy (non-hydrogen) atoms. The summed E-state index contributed by atoms with van der Waals surface area (Å²) in [5, 5.41) is 9.84. The van der Waals surface area contributed by atoms with E-state index in [1.165, 1.54) is 0 Å². The van der Waals surface area contributed by atoms with E-state index in [9.17, 15) is 5.11 Å². The van der Waals surface area contributed by atoms with Crippen molar-refractivity contribution in [2.75, 3.05) is 44.9 Å². The van der Waals surface area contributed by atoms with Gasteiger partial charge in [-0.15, -0.1) is 0 Å². The van der Waals surface area contributed by atoms with Gasteiger partial charge in [-0.1, -0.05) is 12.1 Å². The Morgan fingerprint density at radius 1 is 1.19 bits per heavy atom. The molecule has 1 saturated heterocycles. The van der Waals surface area contributed by atoms with E-state index in [-0.39, 0.29) is 5.75 Å². The van der Waals surface area contributed by atoms with Crippen LogP contribution in [0.2, 0.25) is 0 Å². The number of ether oxygens (including phenoxy) is 2. The molecule has 1 aliphatic rings. The number of anilines is 1. The fraction of sp³-hybridized carbons (Fsp3) is 0.350. The van der Waals surface area contributed by atoms with Gasteiger partial charge in [-0.05, 0) is 30.2 Å². The second-order valence-corrected chi connectivity index (χ2v) is 6.47. The molecule has 0 unspecified atom stereocenters. The Kier molecular flexibility index (Phi) is 5.13. The fourth-order valence-corrected chi connectivity index (χ4v) is 3.17. The van der Waals surface area contributed by atoms with Gasteiger partial charge in [0.2, 0.25) is 0 Å². The van der Waals surface area contributed by atoms with Gasteiger partial charge in [-0.3, -0.25) is 4.98 Å². The minimum Gasteiger partial charge on any atom is -0.508 e. The van der Waals surface area contributed by atoms with Crippen LogP contribution in [0.1, 0.15) is 5.56 Å². The number of phenols is 1. The summed E-state index contributed by atoms with van der Waals surface area (Å²) in [4.78, 5) is 16.3. The molecule has 1 fully saturated rings. The average molecular weight is 366 g/mol. The normalized spacial score (nSPS) is 14.6. The summed E-state index contributed by atoms with van der Waals surface area (Å²) < 4.78 is 10.6. The predicted octanol–water partition coefficient (Wildman–Crippen LogP) is 2.42. The topological polar surface area (TPSA) is 80.6 Å². The maximum absolute atomic E-state index is 9.84. The highest BCUT2D eigenvalue weighted by Crippen LogP contribution is 2.28. The van der Waals surface area contributed by atoms with E-state index in [0.29, 0.717) is 25.6 Å². The molecule has 3 heterocycles. The van der Waals surface area contributed by atoms with Crippen molar-refractivity contribution in [2.24, 2.45) is 0 Å². The van der Waals surface area contributed by atoms with E-state index in [2.05, 4.69) is 9.88 Å². The highest BCUT2D eigenvalue weighted by atomic mass is 16.5. The van der Waals surface area contributed by atoms with Gasteiger partial charge in [0.25, 0.3) is 0 Å². The number of benzene rings is 1. The number of aromatic nitrogens is 3. The largest absolute Gasteiger partial charge is 0.508 e. The first-order valence-electron chi connectivity index (χ1n) is 9.02. The number of hydrogen-bond donors (Lipinski definition) is 1. The van der Waals surface area contributed by atoms with Crippen LogP contribution in [0.15, 0.2) is 36.5 Å². The van der Waals surface area contributed by atoms with Crippen LogP contribution < -0.4 is 4.90 Å². The van der Waals surface area contributed by atoms with Crippen molar-refractivity contribution in [3.05, 3.63) is 42.1 Å². The second-order valence-electron chi connectivity index (χ2n) is 6.47.